The lowest BCUT2D eigenvalue weighted by atomic mass is 9.80. The summed E-state index contributed by atoms with van der Waals surface area (Å²) in [4.78, 5) is 42.0. The molecule has 0 aromatic heterocycles. The Morgan fingerprint density at radius 3 is 2.15 bits per heavy atom. The van der Waals surface area contributed by atoms with Crippen LogP contribution < -0.4 is 4.90 Å². The van der Waals surface area contributed by atoms with Gasteiger partial charge in [0.2, 0.25) is 18.2 Å². The lowest BCUT2D eigenvalue weighted by molar-refractivity contribution is -0.141. The molecule has 0 bridgehead atoms. The van der Waals surface area contributed by atoms with Gasteiger partial charge in [0.25, 0.3) is 0 Å². The van der Waals surface area contributed by atoms with E-state index in [-0.39, 0.29) is 23.7 Å². The van der Waals surface area contributed by atoms with Gasteiger partial charge in [-0.2, -0.15) is 0 Å². The third kappa shape index (κ3) is 4.49. The molecule has 1 aromatic carbocycles. The number of hydrogen-bond acceptors (Lipinski definition) is 3. The van der Waals surface area contributed by atoms with E-state index in [9.17, 15) is 14.4 Å². The summed E-state index contributed by atoms with van der Waals surface area (Å²) in [5.41, 5.74) is 0.941. The summed E-state index contributed by atoms with van der Waals surface area (Å²) in [5, 5.41) is 0. The maximum Gasteiger partial charge on any atom is 0.230 e. The molecule has 2 fully saturated rings. The Balaban J connectivity index is 1.53. The zero-order chi connectivity index (χ0) is 19.2. The van der Waals surface area contributed by atoms with Gasteiger partial charge in [-0.15, -0.1) is 0 Å². The van der Waals surface area contributed by atoms with Crippen LogP contribution in [0.25, 0.3) is 0 Å². The van der Waals surface area contributed by atoms with E-state index >= 15 is 0 Å². The largest absolute Gasteiger partial charge is 0.342 e. The third-order valence-corrected chi connectivity index (χ3v) is 5.85. The molecule has 1 aliphatic carbocycles. The average molecular weight is 371 g/mol. The number of hydrogen-bond donors (Lipinski definition) is 0. The monoisotopic (exact) mass is 371 g/mol. The predicted octanol–water partition coefficient (Wildman–Crippen LogP) is 2.15. The molecule has 0 radical (unpaired) electrons. The Hall–Kier alpha value is -2.37. The number of amides is 3. The van der Waals surface area contributed by atoms with Crippen molar-refractivity contribution in [2.75, 3.05) is 37.6 Å². The molecule has 27 heavy (non-hydrogen) atoms. The van der Waals surface area contributed by atoms with Crippen LogP contribution in [0.1, 0.15) is 32.6 Å². The predicted molar refractivity (Wildman–Crippen MR) is 104 cm³/mol. The Bertz CT molecular complexity index is 648. The van der Waals surface area contributed by atoms with Gasteiger partial charge in [0, 0.05) is 50.2 Å². The van der Waals surface area contributed by atoms with Gasteiger partial charge in [0.05, 0.1) is 0 Å². The lowest BCUT2D eigenvalue weighted by Gasteiger charge is -2.37. The zero-order valence-electron chi connectivity index (χ0n) is 16.0. The molecule has 3 amide bonds. The van der Waals surface area contributed by atoms with Crippen molar-refractivity contribution < 1.29 is 14.4 Å². The fraction of sp³-hybridized carbons (Fsp3) is 0.571. The maximum absolute atomic E-state index is 13.0. The van der Waals surface area contributed by atoms with E-state index in [0.29, 0.717) is 32.7 Å². The highest BCUT2D eigenvalue weighted by molar-refractivity contribution is 5.95. The van der Waals surface area contributed by atoms with Crippen molar-refractivity contribution >= 4 is 23.9 Å². The van der Waals surface area contributed by atoms with Crippen LogP contribution in [0.2, 0.25) is 0 Å². The molecule has 6 nitrogen and oxygen atoms in total. The second-order valence-corrected chi connectivity index (χ2v) is 7.43. The lowest BCUT2D eigenvalue weighted by Crippen LogP contribution is -2.50. The number of nitrogens with zero attached hydrogens (tertiary/aromatic N) is 3. The van der Waals surface area contributed by atoms with E-state index in [1.54, 1.807) is 4.90 Å². The minimum absolute atomic E-state index is 0.00103. The topological polar surface area (TPSA) is 60.9 Å². The van der Waals surface area contributed by atoms with E-state index in [1.165, 1.54) is 0 Å². The molecule has 1 saturated heterocycles. The molecule has 6 heteroatoms. The van der Waals surface area contributed by atoms with Crippen LogP contribution in [0.15, 0.2) is 30.3 Å². The summed E-state index contributed by atoms with van der Waals surface area (Å²) in [6, 6.07) is 9.79. The maximum atomic E-state index is 13.0. The first kappa shape index (κ1) is 19.4. The van der Waals surface area contributed by atoms with Crippen LogP contribution in [0, 0.1) is 11.8 Å². The fourth-order valence-corrected chi connectivity index (χ4v) is 4.19. The summed E-state index contributed by atoms with van der Waals surface area (Å²) < 4.78 is 0. The molecular formula is C21H29N3O3. The second-order valence-electron chi connectivity index (χ2n) is 7.43. The standard InChI is InChI=1S/C21H29N3O3/c1-2-24(19-6-4-3-5-7-19)21(27)18-10-8-17(9-11-18)20(26)23-14-12-22(16-25)13-15-23/h3-7,16-18H,2,8-15H2,1H3. The first-order valence-electron chi connectivity index (χ1n) is 9.98. The number of anilines is 1. The highest BCUT2D eigenvalue weighted by Gasteiger charge is 2.34. The highest BCUT2D eigenvalue weighted by atomic mass is 16.2. The smallest absolute Gasteiger partial charge is 0.230 e. The number of carbonyl (C=O) groups excluding carboxylic acids is 3. The van der Waals surface area contributed by atoms with Crippen LogP contribution in [0.5, 0.6) is 0 Å². The quantitative estimate of drug-likeness (QED) is 0.745. The number of piperazine rings is 1. The number of benzene rings is 1. The first-order chi connectivity index (χ1) is 13.1. The molecule has 0 spiro atoms. The Kier molecular flexibility index (Phi) is 6.48. The van der Waals surface area contributed by atoms with E-state index < -0.39 is 0 Å². The van der Waals surface area contributed by atoms with Crippen molar-refractivity contribution in [3.63, 3.8) is 0 Å². The van der Waals surface area contributed by atoms with Crippen molar-refractivity contribution in [1.82, 2.24) is 9.80 Å². The van der Waals surface area contributed by atoms with Crippen molar-refractivity contribution in [3.8, 4) is 0 Å². The molecule has 0 atom stereocenters. The van der Waals surface area contributed by atoms with Crippen molar-refractivity contribution in [3.05, 3.63) is 30.3 Å². The molecule has 0 unspecified atom stereocenters. The first-order valence-corrected chi connectivity index (χ1v) is 9.98. The highest BCUT2D eigenvalue weighted by Crippen LogP contribution is 2.32. The summed E-state index contributed by atoms with van der Waals surface area (Å²) in [7, 11) is 0. The normalized spacial score (nSPS) is 23.0. The van der Waals surface area contributed by atoms with E-state index in [0.717, 1.165) is 37.8 Å². The Labute approximate surface area is 161 Å². The van der Waals surface area contributed by atoms with Gasteiger partial charge in [-0.1, -0.05) is 18.2 Å². The van der Waals surface area contributed by atoms with Crippen molar-refractivity contribution in [1.29, 1.82) is 0 Å². The van der Waals surface area contributed by atoms with Gasteiger partial charge in [0.1, 0.15) is 0 Å². The Morgan fingerprint density at radius 1 is 1.00 bits per heavy atom. The number of para-hydroxylation sites is 1. The molecule has 1 heterocycles. The molecule has 1 aromatic rings. The van der Waals surface area contributed by atoms with Gasteiger partial charge >= 0.3 is 0 Å². The number of carbonyl (C=O) groups is 3. The minimum Gasteiger partial charge on any atom is -0.342 e. The molecule has 1 aliphatic heterocycles. The molecule has 3 rings (SSSR count). The summed E-state index contributed by atoms with van der Waals surface area (Å²) in [5.74, 6) is 0.390. The average Bonchev–Trinajstić information content (AvgIpc) is 2.74. The van der Waals surface area contributed by atoms with E-state index in [4.69, 9.17) is 0 Å². The second kappa shape index (κ2) is 9.02. The molecular weight excluding hydrogens is 342 g/mol. The Morgan fingerprint density at radius 2 is 1.59 bits per heavy atom. The summed E-state index contributed by atoms with van der Waals surface area (Å²) >= 11 is 0. The van der Waals surface area contributed by atoms with Crippen LogP contribution in [-0.4, -0.2) is 60.7 Å². The van der Waals surface area contributed by atoms with Crippen LogP contribution in [-0.2, 0) is 14.4 Å². The van der Waals surface area contributed by atoms with Gasteiger partial charge in [-0.25, -0.2) is 0 Å². The van der Waals surface area contributed by atoms with E-state index in [1.807, 2.05) is 47.1 Å². The summed E-state index contributed by atoms with van der Waals surface area (Å²) in [6.45, 7) is 5.13. The SMILES string of the molecule is CCN(C(=O)C1CCC(C(=O)N2CCN(C=O)CC2)CC1)c1ccccc1. The molecule has 146 valence electrons. The van der Waals surface area contributed by atoms with Gasteiger partial charge in [0.15, 0.2) is 0 Å². The van der Waals surface area contributed by atoms with Gasteiger partial charge in [-0.3, -0.25) is 14.4 Å². The minimum atomic E-state index is 0.00103. The third-order valence-electron chi connectivity index (χ3n) is 5.85. The van der Waals surface area contributed by atoms with Crippen LogP contribution >= 0.6 is 0 Å². The zero-order valence-corrected chi connectivity index (χ0v) is 16.0. The van der Waals surface area contributed by atoms with Gasteiger partial charge < -0.3 is 14.7 Å². The van der Waals surface area contributed by atoms with Crippen molar-refractivity contribution in [2.45, 2.75) is 32.6 Å². The van der Waals surface area contributed by atoms with Gasteiger partial charge in [-0.05, 0) is 44.7 Å². The number of rotatable bonds is 5. The summed E-state index contributed by atoms with van der Waals surface area (Å²) in [6.07, 6.45) is 3.94. The van der Waals surface area contributed by atoms with Crippen molar-refractivity contribution in [2.24, 2.45) is 11.8 Å². The van der Waals surface area contributed by atoms with Crippen LogP contribution in [0.3, 0.4) is 0 Å². The molecule has 0 N–H and O–H groups in total. The van der Waals surface area contributed by atoms with E-state index in [2.05, 4.69) is 0 Å². The van der Waals surface area contributed by atoms with Crippen LogP contribution in [0.4, 0.5) is 5.69 Å². The molecule has 2 aliphatic rings. The molecule has 1 saturated carbocycles. The fourth-order valence-electron chi connectivity index (χ4n) is 4.19.